The van der Waals surface area contributed by atoms with E-state index in [9.17, 15) is 14.7 Å². The number of ketones is 1. The minimum absolute atomic E-state index is 0.0184. The van der Waals surface area contributed by atoms with Gasteiger partial charge in [0, 0.05) is 11.6 Å². The Bertz CT molecular complexity index is 1120. The van der Waals surface area contributed by atoms with Gasteiger partial charge in [0.2, 0.25) is 0 Å². The highest BCUT2D eigenvalue weighted by atomic mass is 16.5. The van der Waals surface area contributed by atoms with Crippen LogP contribution < -0.4 is 9.64 Å². The monoisotopic (exact) mass is 390 g/mol. The highest BCUT2D eigenvalue weighted by molar-refractivity contribution is 6.51. The van der Waals surface area contributed by atoms with Crippen LogP contribution in [0.4, 0.5) is 5.82 Å². The second kappa shape index (κ2) is 7.27. The lowest BCUT2D eigenvalue weighted by atomic mass is 9.95. The van der Waals surface area contributed by atoms with E-state index in [4.69, 9.17) is 9.26 Å². The zero-order chi connectivity index (χ0) is 20.5. The maximum absolute atomic E-state index is 13.0. The van der Waals surface area contributed by atoms with Crippen LogP contribution in [-0.2, 0) is 9.59 Å². The van der Waals surface area contributed by atoms with Crippen molar-refractivity contribution in [2.75, 3.05) is 12.0 Å². The van der Waals surface area contributed by atoms with Crippen molar-refractivity contribution in [3.63, 3.8) is 0 Å². The van der Waals surface area contributed by atoms with E-state index < -0.39 is 17.7 Å². The van der Waals surface area contributed by atoms with E-state index in [1.54, 1.807) is 67.6 Å². The number of anilines is 1. The van der Waals surface area contributed by atoms with Crippen molar-refractivity contribution in [3.05, 3.63) is 83.1 Å². The fraction of sp³-hybridized carbons (Fsp3) is 0.136. The minimum Gasteiger partial charge on any atom is -0.507 e. The smallest absolute Gasteiger partial charge is 0.301 e. The first kappa shape index (κ1) is 18.5. The maximum atomic E-state index is 13.0. The van der Waals surface area contributed by atoms with Crippen LogP contribution in [0.25, 0.3) is 5.76 Å². The molecule has 2 heterocycles. The van der Waals surface area contributed by atoms with E-state index in [1.807, 2.05) is 0 Å². The van der Waals surface area contributed by atoms with Crippen molar-refractivity contribution < 1.29 is 24.0 Å². The fourth-order valence-electron chi connectivity index (χ4n) is 3.41. The van der Waals surface area contributed by atoms with Gasteiger partial charge < -0.3 is 14.4 Å². The Balaban J connectivity index is 1.95. The Labute approximate surface area is 166 Å². The average molecular weight is 390 g/mol. The molecule has 146 valence electrons. The Morgan fingerprint density at radius 3 is 2.52 bits per heavy atom. The van der Waals surface area contributed by atoms with E-state index >= 15 is 0 Å². The Morgan fingerprint density at radius 1 is 1.10 bits per heavy atom. The molecule has 7 nitrogen and oxygen atoms in total. The molecule has 0 aliphatic carbocycles. The number of carbonyl (C=O) groups excluding carboxylic acids is 2. The average Bonchev–Trinajstić information content (AvgIpc) is 3.29. The van der Waals surface area contributed by atoms with Crippen molar-refractivity contribution in [2.24, 2.45) is 0 Å². The summed E-state index contributed by atoms with van der Waals surface area (Å²) in [5.74, 6) is -0.578. The van der Waals surface area contributed by atoms with Crippen molar-refractivity contribution in [1.82, 2.24) is 5.16 Å². The normalized spacial score (nSPS) is 18.3. The number of Topliss-reactive ketones (excluding diaryl/α,β-unsaturated/α-hetero) is 1. The lowest BCUT2D eigenvalue weighted by Crippen LogP contribution is -2.29. The van der Waals surface area contributed by atoms with Crippen LogP contribution in [0.2, 0.25) is 0 Å². The van der Waals surface area contributed by atoms with E-state index in [0.717, 1.165) is 0 Å². The summed E-state index contributed by atoms with van der Waals surface area (Å²) >= 11 is 0. The number of amides is 1. The maximum Gasteiger partial charge on any atom is 0.301 e. The Morgan fingerprint density at radius 2 is 1.86 bits per heavy atom. The summed E-state index contributed by atoms with van der Waals surface area (Å²) < 4.78 is 10.4. The molecule has 7 heteroatoms. The zero-order valence-electron chi connectivity index (χ0n) is 15.8. The lowest BCUT2D eigenvalue weighted by Gasteiger charge is -2.23. The van der Waals surface area contributed by atoms with Crippen molar-refractivity contribution in [3.8, 4) is 5.75 Å². The second-order valence-corrected chi connectivity index (χ2v) is 6.61. The van der Waals surface area contributed by atoms with E-state index in [-0.39, 0.29) is 17.2 Å². The van der Waals surface area contributed by atoms with Gasteiger partial charge in [-0.3, -0.25) is 14.5 Å². The van der Waals surface area contributed by atoms with Gasteiger partial charge in [-0.05, 0) is 24.6 Å². The van der Waals surface area contributed by atoms with Gasteiger partial charge in [-0.2, -0.15) is 0 Å². The van der Waals surface area contributed by atoms with Gasteiger partial charge in [0.15, 0.2) is 5.82 Å². The molecule has 0 radical (unpaired) electrons. The van der Waals surface area contributed by atoms with Gasteiger partial charge in [-0.25, -0.2) is 0 Å². The quantitative estimate of drug-likeness (QED) is 0.416. The van der Waals surface area contributed by atoms with Crippen LogP contribution in [0.3, 0.4) is 0 Å². The summed E-state index contributed by atoms with van der Waals surface area (Å²) in [5, 5.41) is 14.9. The van der Waals surface area contributed by atoms with Gasteiger partial charge >= 0.3 is 5.91 Å². The first-order chi connectivity index (χ1) is 14.0. The standard InChI is InChI=1S/C22H18N2O5/c1-13-11-17(23-29-13)24-19(15-9-6-10-16(12-15)28-2)18(21(26)22(24)27)20(25)14-7-4-3-5-8-14/h3-12,19,25H,1-2H3. The molecular weight excluding hydrogens is 372 g/mol. The Hall–Kier alpha value is -3.87. The van der Waals surface area contributed by atoms with E-state index in [2.05, 4.69) is 5.16 Å². The van der Waals surface area contributed by atoms with Crippen LogP contribution >= 0.6 is 0 Å². The van der Waals surface area contributed by atoms with E-state index in [1.165, 1.54) is 12.0 Å². The predicted molar refractivity (Wildman–Crippen MR) is 105 cm³/mol. The third-order valence-corrected chi connectivity index (χ3v) is 4.76. The number of methoxy groups -OCH3 is 1. The SMILES string of the molecule is COc1cccc(C2C(=C(O)c3ccccc3)C(=O)C(=O)N2c2cc(C)on2)c1. The first-order valence-corrected chi connectivity index (χ1v) is 8.95. The molecule has 1 N–H and O–H groups in total. The number of rotatable bonds is 4. The summed E-state index contributed by atoms with van der Waals surface area (Å²) in [4.78, 5) is 27.1. The molecule has 0 bridgehead atoms. The topological polar surface area (TPSA) is 92.9 Å². The van der Waals surface area contributed by atoms with Gasteiger partial charge in [0.1, 0.15) is 17.3 Å². The molecule has 1 aliphatic rings. The number of aliphatic hydroxyl groups is 1. The van der Waals surface area contributed by atoms with E-state index in [0.29, 0.717) is 22.6 Å². The predicted octanol–water partition coefficient (Wildman–Crippen LogP) is 3.62. The molecule has 1 fully saturated rings. The fourth-order valence-corrected chi connectivity index (χ4v) is 3.41. The number of aromatic nitrogens is 1. The third-order valence-electron chi connectivity index (χ3n) is 4.76. The number of ether oxygens (including phenoxy) is 1. The number of aryl methyl sites for hydroxylation is 1. The molecule has 1 atom stereocenters. The van der Waals surface area contributed by atoms with Crippen LogP contribution in [0.15, 0.2) is 70.8 Å². The molecule has 1 unspecified atom stereocenters. The number of benzene rings is 2. The zero-order valence-corrected chi connectivity index (χ0v) is 15.8. The van der Waals surface area contributed by atoms with Crippen LogP contribution in [0.1, 0.15) is 22.9 Å². The molecule has 1 aliphatic heterocycles. The minimum atomic E-state index is -0.880. The van der Waals surface area contributed by atoms with Crippen LogP contribution in [-0.4, -0.2) is 29.1 Å². The number of hydrogen-bond donors (Lipinski definition) is 1. The number of aliphatic hydroxyl groups excluding tert-OH is 1. The highest BCUT2D eigenvalue weighted by Crippen LogP contribution is 2.42. The van der Waals surface area contributed by atoms with Gasteiger partial charge in [0.05, 0.1) is 18.7 Å². The largest absolute Gasteiger partial charge is 0.507 e. The number of hydrogen-bond acceptors (Lipinski definition) is 6. The molecule has 29 heavy (non-hydrogen) atoms. The van der Waals surface area contributed by atoms with Crippen molar-refractivity contribution >= 4 is 23.3 Å². The molecule has 3 aromatic rings. The molecule has 0 spiro atoms. The number of carbonyl (C=O) groups is 2. The highest BCUT2D eigenvalue weighted by Gasteiger charge is 2.48. The van der Waals surface area contributed by atoms with Gasteiger partial charge in [0.25, 0.3) is 5.78 Å². The second-order valence-electron chi connectivity index (χ2n) is 6.61. The molecule has 1 aromatic heterocycles. The lowest BCUT2D eigenvalue weighted by molar-refractivity contribution is -0.132. The Kier molecular flexibility index (Phi) is 4.64. The van der Waals surface area contributed by atoms with Crippen LogP contribution in [0.5, 0.6) is 5.75 Å². The molecule has 4 rings (SSSR count). The molecule has 0 saturated carbocycles. The summed E-state index contributed by atoms with van der Waals surface area (Å²) in [6.07, 6.45) is 0. The van der Waals surface area contributed by atoms with Crippen LogP contribution in [0, 0.1) is 6.92 Å². The first-order valence-electron chi connectivity index (χ1n) is 8.95. The molecule has 2 aromatic carbocycles. The molecular formula is C22H18N2O5. The summed E-state index contributed by atoms with van der Waals surface area (Å²) in [5.41, 5.74) is 1.02. The third kappa shape index (κ3) is 3.16. The summed E-state index contributed by atoms with van der Waals surface area (Å²) in [6, 6.07) is 16.3. The number of nitrogens with zero attached hydrogens (tertiary/aromatic N) is 2. The summed E-state index contributed by atoms with van der Waals surface area (Å²) in [7, 11) is 1.53. The molecule has 1 amide bonds. The van der Waals surface area contributed by atoms with Gasteiger partial charge in [-0.1, -0.05) is 47.6 Å². The summed E-state index contributed by atoms with van der Waals surface area (Å²) in [6.45, 7) is 1.69. The van der Waals surface area contributed by atoms with Crippen molar-refractivity contribution in [1.29, 1.82) is 0 Å². The van der Waals surface area contributed by atoms with Crippen molar-refractivity contribution in [2.45, 2.75) is 13.0 Å². The van der Waals surface area contributed by atoms with Gasteiger partial charge in [-0.15, -0.1) is 0 Å². The molecule has 1 saturated heterocycles.